The van der Waals surface area contributed by atoms with E-state index in [1.54, 1.807) is 18.5 Å². The number of aromatic nitrogens is 4. The Morgan fingerprint density at radius 3 is 2.66 bits per heavy atom. The largest absolute Gasteiger partial charge is 0.356 e. The Morgan fingerprint density at radius 2 is 1.91 bits per heavy atom. The van der Waals surface area contributed by atoms with Gasteiger partial charge >= 0.3 is 0 Å². The Morgan fingerprint density at radius 1 is 1.12 bits per heavy atom. The predicted molar refractivity (Wildman–Crippen MR) is 133 cm³/mol. The summed E-state index contributed by atoms with van der Waals surface area (Å²) in [5.41, 5.74) is 1.16. The quantitative estimate of drug-likeness (QED) is 0.302. The van der Waals surface area contributed by atoms with Gasteiger partial charge in [0.15, 0.2) is 10.3 Å². The van der Waals surface area contributed by atoms with Crippen LogP contribution in [0.25, 0.3) is 0 Å². The number of thiocarbonyl (C=S) groups is 1. The minimum Gasteiger partial charge on any atom is -0.356 e. The van der Waals surface area contributed by atoms with Crippen LogP contribution in [-0.2, 0) is 0 Å². The van der Waals surface area contributed by atoms with Crippen molar-refractivity contribution in [3.8, 4) is 0 Å². The zero-order valence-corrected chi connectivity index (χ0v) is 19.9. The van der Waals surface area contributed by atoms with E-state index in [4.69, 9.17) is 17.2 Å². The molecule has 2 atom stereocenters. The molecule has 0 aliphatic carbocycles. The maximum absolute atomic E-state index is 5.56. The lowest BCUT2D eigenvalue weighted by Gasteiger charge is -2.34. The van der Waals surface area contributed by atoms with E-state index in [1.165, 1.54) is 18.2 Å². The molecule has 3 aromatic rings. The van der Waals surface area contributed by atoms with Gasteiger partial charge in [0.1, 0.15) is 10.8 Å². The minimum absolute atomic E-state index is 0.0630. The van der Waals surface area contributed by atoms with E-state index in [9.17, 15) is 0 Å². The van der Waals surface area contributed by atoms with E-state index < -0.39 is 0 Å². The van der Waals surface area contributed by atoms with Gasteiger partial charge in [-0.15, -0.1) is 0 Å². The molecule has 32 heavy (non-hydrogen) atoms. The van der Waals surface area contributed by atoms with Crippen molar-refractivity contribution in [2.45, 2.75) is 55.4 Å². The highest BCUT2D eigenvalue weighted by Gasteiger charge is 2.22. The van der Waals surface area contributed by atoms with E-state index >= 15 is 0 Å². The Balaban J connectivity index is 1.54. The number of nitrogens with zero attached hydrogens (tertiary/aromatic N) is 5. The summed E-state index contributed by atoms with van der Waals surface area (Å²) < 4.78 is 0. The molecule has 2 unspecified atom stereocenters. The Kier molecular flexibility index (Phi) is 7.49. The van der Waals surface area contributed by atoms with Gasteiger partial charge in [-0.1, -0.05) is 30.3 Å². The molecule has 7 nitrogen and oxygen atoms in total. The number of anilines is 2. The normalized spacial score (nSPS) is 16.9. The lowest BCUT2D eigenvalue weighted by atomic mass is 10.0. The van der Waals surface area contributed by atoms with Crippen molar-refractivity contribution in [1.82, 2.24) is 25.3 Å². The second-order valence-corrected chi connectivity index (χ2v) is 9.19. The first-order valence-corrected chi connectivity index (χ1v) is 12.0. The van der Waals surface area contributed by atoms with Gasteiger partial charge in [-0.2, -0.15) is 4.98 Å². The second-order valence-electron chi connectivity index (χ2n) is 7.79. The number of benzene rings is 1. The van der Waals surface area contributed by atoms with Gasteiger partial charge in [0.25, 0.3) is 0 Å². The molecular formula is C23H27N7S2. The summed E-state index contributed by atoms with van der Waals surface area (Å²) >= 11 is 6.98. The standard InChI is InChI=1S/C23H27N7S2/c1-16-9-6-7-14-30(16)19-15-20(32-23-24-12-8-13-25-23)28-21(27-19)29-22(31)26-17(2)18-10-4-3-5-11-18/h3-5,8,10-13,15-17H,6-7,9,14H2,1-2H3,(H2,26,27,28,29,31). The summed E-state index contributed by atoms with van der Waals surface area (Å²) in [6.07, 6.45) is 7.03. The number of hydrogen-bond acceptors (Lipinski definition) is 7. The summed E-state index contributed by atoms with van der Waals surface area (Å²) in [5.74, 6) is 1.36. The van der Waals surface area contributed by atoms with E-state index in [2.05, 4.69) is 56.5 Å². The molecule has 9 heteroatoms. The van der Waals surface area contributed by atoms with Gasteiger partial charge in [0, 0.05) is 31.0 Å². The molecule has 1 aromatic carbocycles. The van der Waals surface area contributed by atoms with Crippen molar-refractivity contribution < 1.29 is 0 Å². The SMILES string of the molecule is CC(NC(=S)Nc1nc(Sc2ncccn2)cc(N2CCCCC2C)n1)c1ccccc1. The zero-order valence-electron chi connectivity index (χ0n) is 18.2. The molecule has 1 fully saturated rings. The Labute approximate surface area is 198 Å². The molecule has 2 aromatic heterocycles. The van der Waals surface area contributed by atoms with Crippen LogP contribution in [0, 0.1) is 0 Å². The average molecular weight is 466 g/mol. The van der Waals surface area contributed by atoms with Gasteiger partial charge in [-0.25, -0.2) is 15.0 Å². The highest BCUT2D eigenvalue weighted by Crippen LogP contribution is 2.29. The summed E-state index contributed by atoms with van der Waals surface area (Å²) in [6, 6.07) is 14.5. The van der Waals surface area contributed by atoms with Crippen LogP contribution >= 0.6 is 24.0 Å². The van der Waals surface area contributed by atoms with Crippen LogP contribution in [0.5, 0.6) is 0 Å². The molecule has 3 heterocycles. The lowest BCUT2D eigenvalue weighted by molar-refractivity contribution is 0.480. The zero-order chi connectivity index (χ0) is 22.3. The lowest BCUT2D eigenvalue weighted by Crippen LogP contribution is -2.38. The third-order valence-corrected chi connectivity index (χ3v) is 6.43. The summed E-state index contributed by atoms with van der Waals surface area (Å²) in [5, 5.41) is 8.41. The van der Waals surface area contributed by atoms with Gasteiger partial charge in [0.05, 0.1) is 6.04 Å². The summed E-state index contributed by atoms with van der Waals surface area (Å²) in [4.78, 5) is 20.4. The molecule has 1 aliphatic rings. The highest BCUT2D eigenvalue weighted by molar-refractivity contribution is 7.99. The van der Waals surface area contributed by atoms with Gasteiger partial charge in [-0.3, -0.25) is 0 Å². The average Bonchev–Trinajstić information content (AvgIpc) is 2.80. The molecule has 0 bridgehead atoms. The molecular weight excluding hydrogens is 438 g/mol. The molecule has 2 N–H and O–H groups in total. The third-order valence-electron chi connectivity index (χ3n) is 5.40. The fraction of sp³-hybridized carbons (Fsp3) is 0.348. The van der Waals surface area contributed by atoms with Crippen LogP contribution in [0.2, 0.25) is 0 Å². The molecule has 0 amide bonds. The number of nitrogens with one attached hydrogen (secondary N) is 2. The molecule has 0 radical (unpaired) electrons. The first-order chi connectivity index (χ1) is 15.6. The second kappa shape index (κ2) is 10.7. The number of piperidine rings is 1. The van der Waals surface area contributed by atoms with Crippen LogP contribution in [0.4, 0.5) is 11.8 Å². The van der Waals surface area contributed by atoms with Crippen LogP contribution < -0.4 is 15.5 Å². The fourth-order valence-corrected chi connectivity index (χ4v) is 4.68. The van der Waals surface area contributed by atoms with Gasteiger partial charge in [-0.05, 0) is 68.7 Å². The minimum atomic E-state index is 0.0630. The fourth-order valence-electron chi connectivity index (χ4n) is 3.70. The topological polar surface area (TPSA) is 78.9 Å². The molecule has 1 aliphatic heterocycles. The van der Waals surface area contributed by atoms with E-state index in [-0.39, 0.29) is 6.04 Å². The smallest absolute Gasteiger partial charge is 0.232 e. The predicted octanol–water partition coefficient (Wildman–Crippen LogP) is 4.84. The van der Waals surface area contributed by atoms with Crippen LogP contribution in [0.3, 0.4) is 0 Å². The molecule has 4 rings (SSSR count). The molecule has 166 valence electrons. The van der Waals surface area contributed by atoms with E-state index in [0.717, 1.165) is 35.8 Å². The van der Waals surface area contributed by atoms with Crippen molar-refractivity contribution >= 4 is 40.9 Å². The Bertz CT molecular complexity index is 1030. The van der Waals surface area contributed by atoms with E-state index in [0.29, 0.717) is 22.3 Å². The maximum Gasteiger partial charge on any atom is 0.232 e. The summed E-state index contributed by atoms with van der Waals surface area (Å²) in [7, 11) is 0. The summed E-state index contributed by atoms with van der Waals surface area (Å²) in [6.45, 7) is 5.30. The van der Waals surface area contributed by atoms with Crippen molar-refractivity contribution in [3.05, 3.63) is 60.4 Å². The van der Waals surface area contributed by atoms with Crippen molar-refractivity contribution in [1.29, 1.82) is 0 Å². The van der Waals surface area contributed by atoms with Crippen molar-refractivity contribution in [2.24, 2.45) is 0 Å². The highest BCUT2D eigenvalue weighted by atomic mass is 32.2. The third kappa shape index (κ3) is 5.92. The first kappa shape index (κ1) is 22.4. The van der Waals surface area contributed by atoms with Crippen LogP contribution in [0.1, 0.15) is 44.7 Å². The monoisotopic (exact) mass is 465 g/mol. The van der Waals surface area contributed by atoms with Gasteiger partial charge in [0.2, 0.25) is 5.95 Å². The number of rotatable bonds is 6. The van der Waals surface area contributed by atoms with E-state index in [1.807, 2.05) is 24.3 Å². The number of hydrogen-bond donors (Lipinski definition) is 2. The van der Waals surface area contributed by atoms with Crippen molar-refractivity contribution in [3.63, 3.8) is 0 Å². The van der Waals surface area contributed by atoms with Gasteiger partial charge < -0.3 is 15.5 Å². The molecule has 1 saturated heterocycles. The van der Waals surface area contributed by atoms with Crippen LogP contribution in [0.15, 0.2) is 65.0 Å². The maximum atomic E-state index is 5.56. The van der Waals surface area contributed by atoms with Crippen LogP contribution in [-0.4, -0.2) is 37.6 Å². The molecule has 0 saturated carbocycles. The Hall–Kier alpha value is -2.78. The first-order valence-electron chi connectivity index (χ1n) is 10.8. The van der Waals surface area contributed by atoms with Crippen molar-refractivity contribution in [2.75, 3.05) is 16.8 Å². The molecule has 0 spiro atoms.